The lowest BCUT2D eigenvalue weighted by Gasteiger charge is -2.31. The first kappa shape index (κ1) is 21.1. The lowest BCUT2D eigenvalue weighted by molar-refractivity contribution is -0.137. The number of nitrogens with zero attached hydrogens (tertiary/aromatic N) is 6. The largest absolute Gasteiger partial charge is 0.419 e. The van der Waals surface area contributed by atoms with Crippen molar-refractivity contribution >= 4 is 18.4 Å². The molecule has 0 saturated carbocycles. The lowest BCUT2D eigenvalue weighted by Crippen LogP contribution is -2.44. The van der Waals surface area contributed by atoms with E-state index < -0.39 is 11.7 Å². The molecule has 2 aromatic rings. The number of ether oxygens (including phenoxy) is 1. The fraction of sp³-hybridized carbons (Fsp3) is 0.611. The van der Waals surface area contributed by atoms with Crippen LogP contribution in [0.1, 0.15) is 29.7 Å². The van der Waals surface area contributed by atoms with E-state index in [4.69, 9.17) is 4.74 Å². The molecule has 0 spiro atoms. The number of carbonyl (C=O) groups is 1. The summed E-state index contributed by atoms with van der Waals surface area (Å²) in [6.07, 6.45) is -0.488. The van der Waals surface area contributed by atoms with Gasteiger partial charge in [-0.3, -0.25) is 0 Å². The van der Waals surface area contributed by atoms with E-state index in [9.17, 15) is 18.0 Å². The summed E-state index contributed by atoms with van der Waals surface area (Å²) in [7, 11) is 0. The Hall–Kier alpha value is -2.11. The van der Waals surface area contributed by atoms with Gasteiger partial charge < -0.3 is 14.5 Å². The first-order valence-electron chi connectivity index (χ1n) is 9.76. The topological polar surface area (TPSA) is 68.4 Å². The minimum absolute atomic E-state index is 0. The zero-order valence-electron chi connectivity index (χ0n) is 16.1. The van der Waals surface area contributed by atoms with E-state index in [0.29, 0.717) is 30.8 Å². The van der Waals surface area contributed by atoms with Gasteiger partial charge in [0.05, 0.1) is 30.7 Å². The Morgan fingerprint density at radius 1 is 1.17 bits per heavy atom. The molecule has 2 aromatic heterocycles. The lowest BCUT2D eigenvalue weighted by atomic mass is 10.1. The summed E-state index contributed by atoms with van der Waals surface area (Å²) in [6, 6.07) is -0.0782. The molecule has 8 nitrogen and oxygen atoms in total. The van der Waals surface area contributed by atoms with Crippen molar-refractivity contribution in [3.63, 3.8) is 0 Å². The van der Waals surface area contributed by atoms with Gasteiger partial charge in [0.1, 0.15) is 0 Å². The summed E-state index contributed by atoms with van der Waals surface area (Å²) < 4.78 is 46.9. The Kier molecular flexibility index (Phi) is 5.54. The normalized spacial score (nSPS) is 23.6. The molecule has 12 heteroatoms. The van der Waals surface area contributed by atoms with Crippen LogP contribution in [0, 0.1) is 0 Å². The minimum atomic E-state index is -4.49. The third-order valence-corrected chi connectivity index (χ3v) is 6.01. The van der Waals surface area contributed by atoms with Crippen molar-refractivity contribution in [3.05, 3.63) is 29.2 Å². The Balaban J connectivity index is 0.00000218. The van der Waals surface area contributed by atoms with Crippen LogP contribution in [0.25, 0.3) is 5.82 Å². The van der Waals surface area contributed by atoms with E-state index in [1.807, 2.05) is 4.90 Å². The van der Waals surface area contributed by atoms with Crippen LogP contribution in [-0.2, 0) is 23.9 Å². The molecule has 0 N–H and O–H groups in total. The highest BCUT2D eigenvalue weighted by molar-refractivity contribution is 5.85. The van der Waals surface area contributed by atoms with Gasteiger partial charge in [0, 0.05) is 50.4 Å². The number of carbonyl (C=O) groups excluding carboxylic acids is 1. The summed E-state index contributed by atoms with van der Waals surface area (Å²) in [5.74, 6) is 0.259. The van der Waals surface area contributed by atoms with Gasteiger partial charge in [-0.2, -0.15) is 23.0 Å². The van der Waals surface area contributed by atoms with E-state index in [1.54, 1.807) is 0 Å². The highest BCUT2D eigenvalue weighted by Gasteiger charge is 2.36. The molecule has 0 aliphatic carbocycles. The van der Waals surface area contributed by atoms with Gasteiger partial charge in [-0.05, 0) is 12.8 Å². The number of hydrogen-bond donors (Lipinski definition) is 0. The van der Waals surface area contributed by atoms with E-state index in [-0.39, 0.29) is 36.9 Å². The van der Waals surface area contributed by atoms with Crippen LogP contribution in [0.5, 0.6) is 0 Å². The molecule has 30 heavy (non-hydrogen) atoms. The second-order valence-corrected chi connectivity index (χ2v) is 7.68. The number of hydrogen-bond acceptors (Lipinski definition) is 5. The number of alkyl halides is 3. The van der Waals surface area contributed by atoms with E-state index in [2.05, 4.69) is 15.1 Å². The van der Waals surface area contributed by atoms with Crippen molar-refractivity contribution in [2.45, 2.75) is 38.1 Å². The minimum Gasteiger partial charge on any atom is -0.375 e. The van der Waals surface area contributed by atoms with Gasteiger partial charge in [-0.1, -0.05) is 0 Å². The number of rotatable bonds is 1. The highest BCUT2D eigenvalue weighted by Crippen LogP contribution is 2.31. The molecule has 6 heterocycles. The average molecular weight is 447 g/mol. The Bertz CT molecular complexity index is 935. The molecule has 4 aliphatic heterocycles. The number of aromatic nitrogens is 4. The molecule has 0 radical (unpaired) electrons. The summed E-state index contributed by atoms with van der Waals surface area (Å²) in [5.41, 5.74) is 0.460. The summed E-state index contributed by atoms with van der Waals surface area (Å²) in [4.78, 5) is 17.6. The smallest absolute Gasteiger partial charge is 0.375 e. The maximum absolute atomic E-state index is 13.4. The van der Waals surface area contributed by atoms with Crippen LogP contribution in [0.15, 0.2) is 12.4 Å². The number of fused-ring (bicyclic) bond motifs is 5. The molecule has 3 saturated heterocycles. The zero-order valence-corrected chi connectivity index (χ0v) is 17.0. The molecule has 1 amide bonds. The highest BCUT2D eigenvalue weighted by atomic mass is 35.5. The first-order chi connectivity index (χ1) is 13.9. The SMILES string of the molecule is Cl.O=C(N1CCN2CCC1CC2)n1nc(-n2cc(C(F)(F)F)cn2)c2c1COCC2. The molecule has 6 rings (SSSR count). The van der Waals surface area contributed by atoms with Gasteiger partial charge >= 0.3 is 12.2 Å². The van der Waals surface area contributed by atoms with Crippen LogP contribution in [0.3, 0.4) is 0 Å². The van der Waals surface area contributed by atoms with E-state index >= 15 is 0 Å². The monoisotopic (exact) mass is 446 g/mol. The molecule has 2 bridgehead atoms. The zero-order chi connectivity index (χ0) is 20.2. The maximum atomic E-state index is 13.4. The fourth-order valence-electron chi connectivity index (χ4n) is 4.41. The first-order valence-corrected chi connectivity index (χ1v) is 9.76. The Labute approximate surface area is 177 Å². The van der Waals surface area contributed by atoms with Crippen LogP contribution >= 0.6 is 12.4 Å². The van der Waals surface area contributed by atoms with E-state index in [0.717, 1.165) is 49.6 Å². The molecule has 4 aliphatic rings. The molecular formula is C18H22ClF3N6O2. The second kappa shape index (κ2) is 7.86. The predicted molar refractivity (Wildman–Crippen MR) is 102 cm³/mol. The van der Waals surface area contributed by atoms with Crippen molar-refractivity contribution < 1.29 is 22.7 Å². The van der Waals surface area contributed by atoms with E-state index in [1.165, 1.54) is 4.68 Å². The third-order valence-electron chi connectivity index (χ3n) is 6.01. The van der Waals surface area contributed by atoms with Gasteiger partial charge in [0.2, 0.25) is 0 Å². The quantitative estimate of drug-likeness (QED) is 0.672. The molecule has 0 aromatic carbocycles. The van der Waals surface area contributed by atoms with Crippen molar-refractivity contribution in [2.75, 3.05) is 32.8 Å². The maximum Gasteiger partial charge on any atom is 0.419 e. The summed E-state index contributed by atoms with van der Waals surface area (Å²) >= 11 is 0. The van der Waals surface area contributed by atoms with Crippen LogP contribution in [-0.4, -0.2) is 74.2 Å². The van der Waals surface area contributed by atoms with Gasteiger partial charge in [0.25, 0.3) is 0 Å². The van der Waals surface area contributed by atoms with Crippen LogP contribution < -0.4 is 0 Å². The van der Waals surface area contributed by atoms with Crippen LogP contribution in [0.4, 0.5) is 18.0 Å². The Morgan fingerprint density at radius 2 is 1.93 bits per heavy atom. The summed E-state index contributed by atoms with van der Waals surface area (Å²) in [6.45, 7) is 4.03. The molecular weight excluding hydrogens is 425 g/mol. The van der Waals surface area contributed by atoms with Crippen molar-refractivity contribution in [1.82, 2.24) is 29.4 Å². The van der Waals surface area contributed by atoms with Gasteiger partial charge in [0.15, 0.2) is 5.82 Å². The number of amides is 1. The number of piperidine rings is 1. The molecule has 164 valence electrons. The van der Waals surface area contributed by atoms with Crippen LogP contribution in [0.2, 0.25) is 0 Å². The van der Waals surface area contributed by atoms with Gasteiger partial charge in [-0.15, -0.1) is 17.5 Å². The molecule has 3 fully saturated rings. The fourth-order valence-corrected chi connectivity index (χ4v) is 4.41. The third kappa shape index (κ3) is 3.58. The number of halogens is 4. The van der Waals surface area contributed by atoms with Crippen molar-refractivity contribution in [3.8, 4) is 5.82 Å². The predicted octanol–water partition coefficient (Wildman–Crippen LogP) is 2.33. The molecule has 0 unspecified atom stereocenters. The molecule has 0 atom stereocenters. The Morgan fingerprint density at radius 3 is 2.63 bits per heavy atom. The average Bonchev–Trinajstić information content (AvgIpc) is 3.23. The summed E-state index contributed by atoms with van der Waals surface area (Å²) in [5, 5.41) is 8.26. The van der Waals surface area contributed by atoms with Crippen molar-refractivity contribution in [2.24, 2.45) is 0 Å². The van der Waals surface area contributed by atoms with Crippen molar-refractivity contribution in [1.29, 1.82) is 0 Å². The van der Waals surface area contributed by atoms with Gasteiger partial charge in [-0.25, -0.2) is 9.48 Å². The second-order valence-electron chi connectivity index (χ2n) is 7.68. The standard InChI is InChI=1S/C18H21F3N6O2.ClH/c19-18(20,21)12-9-22-26(10-12)16-14-3-8-29-11-15(14)27(23-16)17(28)25-7-6-24-4-1-13(25)2-5-24;/h9-10,13H,1-8,11H2;1H.